The van der Waals surface area contributed by atoms with Crippen molar-refractivity contribution in [2.24, 2.45) is 0 Å². The first-order valence-corrected chi connectivity index (χ1v) is 6.76. The molecule has 1 aliphatic heterocycles. The van der Waals surface area contributed by atoms with Crippen LogP contribution in [0.2, 0.25) is 5.02 Å². The molecule has 98 valence electrons. The largest absolute Gasteiger partial charge is 0.366 e. The van der Waals surface area contributed by atoms with Crippen LogP contribution in [-0.4, -0.2) is 18.0 Å². The minimum Gasteiger partial charge on any atom is -0.366 e. The van der Waals surface area contributed by atoms with Crippen LogP contribution in [0.25, 0.3) is 0 Å². The molecule has 1 fully saturated rings. The number of nitro benzene ring substituents is 1. The van der Waals surface area contributed by atoms with Gasteiger partial charge in [0, 0.05) is 13.1 Å². The first-order valence-electron chi connectivity index (χ1n) is 6.38. The number of anilines is 1. The summed E-state index contributed by atoms with van der Waals surface area (Å²) in [4.78, 5) is 12.9. The molecular weight excluding hydrogens is 252 g/mol. The Morgan fingerprint density at radius 1 is 1.11 bits per heavy atom. The maximum Gasteiger partial charge on any atom is 0.310 e. The third-order valence-electron chi connectivity index (χ3n) is 3.34. The van der Waals surface area contributed by atoms with E-state index in [9.17, 15) is 10.1 Å². The molecule has 4 nitrogen and oxygen atoms in total. The lowest BCUT2D eigenvalue weighted by Gasteiger charge is -2.26. The molecule has 0 aliphatic carbocycles. The number of hydrogen-bond donors (Lipinski definition) is 0. The van der Waals surface area contributed by atoms with Crippen LogP contribution in [0.15, 0.2) is 18.2 Å². The second-order valence-electron chi connectivity index (χ2n) is 4.62. The number of nitrogens with zero attached hydrogens (tertiary/aromatic N) is 2. The van der Waals surface area contributed by atoms with Crippen molar-refractivity contribution in [3.05, 3.63) is 33.3 Å². The van der Waals surface area contributed by atoms with E-state index in [1.165, 1.54) is 19.3 Å². The Hall–Kier alpha value is -1.29. The first kappa shape index (κ1) is 13.1. The topological polar surface area (TPSA) is 46.4 Å². The van der Waals surface area contributed by atoms with Gasteiger partial charge < -0.3 is 4.90 Å². The van der Waals surface area contributed by atoms with Crippen LogP contribution < -0.4 is 4.90 Å². The van der Waals surface area contributed by atoms with Crippen LogP contribution in [0.1, 0.15) is 32.1 Å². The van der Waals surface area contributed by atoms with Crippen molar-refractivity contribution in [3.63, 3.8) is 0 Å². The second-order valence-corrected chi connectivity index (χ2v) is 5.03. The van der Waals surface area contributed by atoms with Gasteiger partial charge in [-0.1, -0.05) is 36.9 Å². The Balaban J connectivity index is 2.30. The van der Waals surface area contributed by atoms with E-state index in [1.54, 1.807) is 18.2 Å². The molecule has 0 unspecified atom stereocenters. The van der Waals surface area contributed by atoms with Crippen molar-refractivity contribution in [2.75, 3.05) is 18.0 Å². The molecule has 2 rings (SSSR count). The summed E-state index contributed by atoms with van der Waals surface area (Å²) in [5.74, 6) is 0. The minimum absolute atomic E-state index is 0.0414. The smallest absolute Gasteiger partial charge is 0.310 e. The molecule has 5 heteroatoms. The summed E-state index contributed by atoms with van der Waals surface area (Å²) in [6.07, 6.45) is 5.84. The van der Waals surface area contributed by atoms with Crippen molar-refractivity contribution in [2.45, 2.75) is 32.1 Å². The fourth-order valence-corrected chi connectivity index (χ4v) is 2.67. The van der Waals surface area contributed by atoms with E-state index in [-0.39, 0.29) is 15.6 Å². The predicted molar refractivity (Wildman–Crippen MR) is 73.4 cm³/mol. The van der Waals surface area contributed by atoms with Crippen molar-refractivity contribution >= 4 is 23.0 Å². The SMILES string of the molecule is O=[N+]([O-])c1c(Cl)cccc1N1CCCCCCC1. The van der Waals surface area contributed by atoms with Gasteiger partial charge in [0.25, 0.3) is 0 Å². The lowest BCUT2D eigenvalue weighted by molar-refractivity contribution is -0.384. The summed E-state index contributed by atoms with van der Waals surface area (Å²) in [6.45, 7) is 1.75. The van der Waals surface area contributed by atoms with Gasteiger partial charge in [0.2, 0.25) is 0 Å². The van der Waals surface area contributed by atoms with Gasteiger partial charge in [0.15, 0.2) is 0 Å². The zero-order valence-corrected chi connectivity index (χ0v) is 11.0. The summed E-state index contributed by atoms with van der Waals surface area (Å²) in [6, 6.07) is 5.16. The Kier molecular flexibility index (Phi) is 4.42. The van der Waals surface area contributed by atoms with Crippen molar-refractivity contribution in [1.82, 2.24) is 0 Å². The fraction of sp³-hybridized carbons (Fsp3) is 0.538. The summed E-state index contributed by atoms with van der Waals surface area (Å²) < 4.78 is 0. The van der Waals surface area contributed by atoms with E-state index in [1.807, 2.05) is 0 Å². The molecule has 0 saturated carbocycles. The number of para-hydroxylation sites is 1. The quantitative estimate of drug-likeness (QED) is 0.601. The lowest BCUT2D eigenvalue weighted by atomic mass is 10.1. The highest BCUT2D eigenvalue weighted by molar-refractivity contribution is 6.33. The average Bonchev–Trinajstić information content (AvgIpc) is 2.27. The maximum absolute atomic E-state index is 11.1. The van der Waals surface area contributed by atoms with Crippen LogP contribution in [0.3, 0.4) is 0 Å². The summed E-state index contributed by atoms with van der Waals surface area (Å²) in [7, 11) is 0. The molecule has 1 saturated heterocycles. The standard InChI is InChI=1S/C13H17ClN2O2/c14-11-7-6-8-12(13(11)16(17)18)15-9-4-2-1-3-5-10-15/h6-8H,1-5,9-10H2. The Labute approximate surface area is 112 Å². The lowest BCUT2D eigenvalue weighted by Crippen LogP contribution is -2.27. The highest BCUT2D eigenvalue weighted by Gasteiger charge is 2.22. The van der Waals surface area contributed by atoms with Gasteiger partial charge in [-0.15, -0.1) is 0 Å². The molecule has 0 atom stereocenters. The van der Waals surface area contributed by atoms with Crippen LogP contribution >= 0.6 is 11.6 Å². The molecule has 1 aliphatic rings. The van der Waals surface area contributed by atoms with E-state index in [0.29, 0.717) is 5.69 Å². The van der Waals surface area contributed by atoms with Crippen molar-refractivity contribution in [1.29, 1.82) is 0 Å². The molecule has 0 amide bonds. The summed E-state index contributed by atoms with van der Waals surface area (Å²) in [5.41, 5.74) is 0.703. The molecule has 0 bridgehead atoms. The molecule has 1 heterocycles. The minimum atomic E-state index is -0.379. The zero-order chi connectivity index (χ0) is 13.0. The molecule has 1 aromatic rings. The monoisotopic (exact) mass is 268 g/mol. The van der Waals surface area contributed by atoms with Crippen molar-refractivity contribution < 1.29 is 4.92 Å². The number of halogens is 1. The molecule has 0 radical (unpaired) electrons. The van der Waals surface area contributed by atoms with Gasteiger partial charge in [-0.3, -0.25) is 10.1 Å². The second kappa shape index (κ2) is 6.05. The van der Waals surface area contributed by atoms with Crippen LogP contribution in [0.5, 0.6) is 0 Å². The number of nitro groups is 1. The van der Waals surface area contributed by atoms with Crippen LogP contribution in [-0.2, 0) is 0 Å². The number of rotatable bonds is 2. The van der Waals surface area contributed by atoms with E-state index in [0.717, 1.165) is 25.9 Å². The summed E-state index contributed by atoms with van der Waals surface area (Å²) >= 11 is 5.95. The number of benzene rings is 1. The van der Waals surface area contributed by atoms with E-state index < -0.39 is 0 Å². The van der Waals surface area contributed by atoms with Crippen molar-refractivity contribution in [3.8, 4) is 0 Å². The van der Waals surface area contributed by atoms with Gasteiger partial charge in [-0.25, -0.2) is 0 Å². The van der Waals surface area contributed by atoms with Gasteiger partial charge in [0.05, 0.1) is 4.92 Å². The molecular formula is C13H17ClN2O2. The predicted octanol–water partition coefficient (Wildman–Crippen LogP) is 4.02. The zero-order valence-electron chi connectivity index (χ0n) is 10.3. The van der Waals surface area contributed by atoms with Gasteiger partial charge in [0.1, 0.15) is 10.7 Å². The van der Waals surface area contributed by atoms with E-state index in [2.05, 4.69) is 4.90 Å². The van der Waals surface area contributed by atoms with E-state index >= 15 is 0 Å². The van der Waals surface area contributed by atoms with Crippen LogP contribution in [0.4, 0.5) is 11.4 Å². The third kappa shape index (κ3) is 2.93. The van der Waals surface area contributed by atoms with E-state index in [4.69, 9.17) is 11.6 Å². The van der Waals surface area contributed by atoms with Crippen LogP contribution in [0, 0.1) is 10.1 Å². The number of hydrogen-bond acceptors (Lipinski definition) is 3. The van der Waals surface area contributed by atoms with Gasteiger partial charge in [-0.05, 0) is 25.0 Å². The van der Waals surface area contributed by atoms with Gasteiger partial charge in [-0.2, -0.15) is 0 Å². The molecule has 18 heavy (non-hydrogen) atoms. The van der Waals surface area contributed by atoms with Gasteiger partial charge >= 0.3 is 5.69 Å². The fourth-order valence-electron chi connectivity index (χ4n) is 2.43. The average molecular weight is 269 g/mol. The maximum atomic E-state index is 11.1. The normalized spacial score (nSPS) is 17.1. The highest BCUT2D eigenvalue weighted by atomic mass is 35.5. The molecule has 0 N–H and O–H groups in total. The molecule has 1 aromatic carbocycles. The molecule has 0 spiro atoms. The summed E-state index contributed by atoms with van der Waals surface area (Å²) in [5, 5.41) is 11.4. The Morgan fingerprint density at radius 3 is 2.33 bits per heavy atom. The first-order chi connectivity index (χ1) is 8.70. The third-order valence-corrected chi connectivity index (χ3v) is 3.65. The Bertz CT molecular complexity index is 429. The molecule has 0 aromatic heterocycles. The highest BCUT2D eigenvalue weighted by Crippen LogP contribution is 2.35. The Morgan fingerprint density at radius 2 is 1.72 bits per heavy atom.